The van der Waals surface area contributed by atoms with Crippen molar-refractivity contribution in [3.8, 4) is 16.5 Å². The molecule has 20 heavy (non-hydrogen) atoms. The van der Waals surface area contributed by atoms with Crippen molar-refractivity contribution in [3.05, 3.63) is 17.3 Å². The van der Waals surface area contributed by atoms with E-state index in [1.165, 1.54) is 24.2 Å². The van der Waals surface area contributed by atoms with Gasteiger partial charge in [-0.15, -0.1) is 11.3 Å². The van der Waals surface area contributed by atoms with Gasteiger partial charge in [0.15, 0.2) is 5.82 Å². The third-order valence-electron chi connectivity index (χ3n) is 4.36. The van der Waals surface area contributed by atoms with Crippen molar-refractivity contribution >= 4 is 11.3 Å². The molecule has 108 valence electrons. The van der Waals surface area contributed by atoms with Crippen LogP contribution in [0.3, 0.4) is 0 Å². The van der Waals surface area contributed by atoms with E-state index in [0.717, 1.165) is 30.5 Å². The van der Waals surface area contributed by atoms with Gasteiger partial charge in [-0.2, -0.15) is 4.98 Å². The predicted octanol–water partition coefficient (Wildman–Crippen LogP) is 4.43. The van der Waals surface area contributed by atoms with Gasteiger partial charge in [-0.1, -0.05) is 19.0 Å². The molecule has 0 radical (unpaired) electrons. The SMILES string of the molecule is CC(C)C1CCC(c2noc(-c3sccc3O)n2)CC1. The average molecular weight is 292 g/mol. The largest absolute Gasteiger partial charge is 0.506 e. The van der Waals surface area contributed by atoms with Crippen LogP contribution in [0.5, 0.6) is 5.75 Å². The Balaban J connectivity index is 1.71. The maximum atomic E-state index is 9.70. The molecule has 0 aliphatic heterocycles. The van der Waals surface area contributed by atoms with E-state index < -0.39 is 0 Å². The van der Waals surface area contributed by atoms with Crippen LogP contribution < -0.4 is 0 Å². The van der Waals surface area contributed by atoms with Gasteiger partial charge in [0, 0.05) is 5.92 Å². The van der Waals surface area contributed by atoms with E-state index in [9.17, 15) is 5.11 Å². The Labute approximate surface area is 122 Å². The van der Waals surface area contributed by atoms with Gasteiger partial charge in [0.05, 0.1) is 0 Å². The second-order valence-corrected chi connectivity index (χ2v) is 6.86. The maximum Gasteiger partial charge on any atom is 0.271 e. The Morgan fingerprint density at radius 1 is 1.30 bits per heavy atom. The third-order valence-corrected chi connectivity index (χ3v) is 5.25. The van der Waals surface area contributed by atoms with Crippen LogP contribution in [0.25, 0.3) is 10.8 Å². The van der Waals surface area contributed by atoms with Crippen molar-refractivity contribution in [1.29, 1.82) is 0 Å². The first-order valence-electron chi connectivity index (χ1n) is 7.25. The third kappa shape index (κ3) is 2.59. The Kier molecular flexibility index (Phi) is 3.78. The van der Waals surface area contributed by atoms with Crippen LogP contribution in [0.1, 0.15) is 51.3 Å². The second kappa shape index (κ2) is 5.56. The Bertz CT molecular complexity index is 568. The summed E-state index contributed by atoms with van der Waals surface area (Å²) in [6.07, 6.45) is 4.77. The summed E-state index contributed by atoms with van der Waals surface area (Å²) >= 11 is 1.42. The van der Waals surface area contributed by atoms with E-state index in [0.29, 0.717) is 16.7 Å². The highest BCUT2D eigenvalue weighted by atomic mass is 32.1. The molecule has 3 rings (SSSR count). The lowest BCUT2D eigenvalue weighted by molar-refractivity contribution is 0.252. The fourth-order valence-corrected chi connectivity index (χ4v) is 3.71. The first-order chi connectivity index (χ1) is 9.65. The predicted molar refractivity (Wildman–Crippen MR) is 78.8 cm³/mol. The second-order valence-electron chi connectivity index (χ2n) is 5.95. The normalized spacial score (nSPS) is 23.4. The standard InChI is InChI=1S/C15H20N2O2S/c1-9(2)10-3-5-11(6-4-10)14-16-15(19-17-14)13-12(18)7-8-20-13/h7-11,18H,3-6H2,1-2H3. The van der Waals surface area contributed by atoms with Crippen LogP contribution in [0, 0.1) is 11.8 Å². The molecule has 2 aromatic heterocycles. The number of thiophene rings is 1. The summed E-state index contributed by atoms with van der Waals surface area (Å²) in [7, 11) is 0. The zero-order chi connectivity index (χ0) is 14.1. The van der Waals surface area contributed by atoms with E-state index >= 15 is 0 Å². The smallest absolute Gasteiger partial charge is 0.271 e. The molecule has 4 nitrogen and oxygen atoms in total. The van der Waals surface area contributed by atoms with Crippen LogP contribution in [0.4, 0.5) is 0 Å². The molecule has 2 heterocycles. The van der Waals surface area contributed by atoms with Crippen molar-refractivity contribution in [1.82, 2.24) is 10.1 Å². The molecule has 0 amide bonds. The van der Waals surface area contributed by atoms with E-state index in [4.69, 9.17) is 4.52 Å². The zero-order valence-corrected chi connectivity index (χ0v) is 12.7. The summed E-state index contributed by atoms with van der Waals surface area (Å²) in [6, 6.07) is 1.65. The van der Waals surface area contributed by atoms with Crippen molar-refractivity contribution in [3.63, 3.8) is 0 Å². The zero-order valence-electron chi connectivity index (χ0n) is 11.9. The van der Waals surface area contributed by atoms with E-state index in [-0.39, 0.29) is 5.75 Å². The summed E-state index contributed by atoms with van der Waals surface area (Å²) in [5, 5.41) is 15.6. The Morgan fingerprint density at radius 3 is 2.65 bits per heavy atom. The summed E-state index contributed by atoms with van der Waals surface area (Å²) in [5.41, 5.74) is 0. The number of rotatable bonds is 3. The van der Waals surface area contributed by atoms with Crippen molar-refractivity contribution < 1.29 is 9.63 Å². The fourth-order valence-electron chi connectivity index (χ4n) is 3.00. The van der Waals surface area contributed by atoms with Gasteiger partial charge in [0.2, 0.25) is 0 Å². The van der Waals surface area contributed by atoms with Gasteiger partial charge in [-0.05, 0) is 49.0 Å². The van der Waals surface area contributed by atoms with E-state index in [2.05, 4.69) is 24.0 Å². The Hall–Kier alpha value is -1.36. The minimum absolute atomic E-state index is 0.216. The van der Waals surface area contributed by atoms with Gasteiger partial charge >= 0.3 is 0 Å². The molecule has 0 aromatic carbocycles. The topological polar surface area (TPSA) is 59.2 Å². The molecule has 1 aliphatic rings. The molecule has 5 heteroatoms. The Morgan fingerprint density at radius 2 is 2.05 bits per heavy atom. The van der Waals surface area contributed by atoms with Crippen LogP contribution in [-0.4, -0.2) is 15.2 Å². The molecule has 1 aliphatic carbocycles. The lowest BCUT2D eigenvalue weighted by Gasteiger charge is -2.29. The van der Waals surface area contributed by atoms with E-state index in [1.807, 2.05) is 5.38 Å². The summed E-state index contributed by atoms with van der Waals surface area (Å²) in [4.78, 5) is 5.15. The molecule has 0 spiro atoms. The van der Waals surface area contributed by atoms with Crippen LogP contribution in [-0.2, 0) is 0 Å². The highest BCUT2D eigenvalue weighted by molar-refractivity contribution is 7.13. The lowest BCUT2D eigenvalue weighted by atomic mass is 9.77. The minimum Gasteiger partial charge on any atom is -0.506 e. The van der Waals surface area contributed by atoms with Gasteiger partial charge in [0.1, 0.15) is 10.6 Å². The maximum absolute atomic E-state index is 9.70. The monoisotopic (exact) mass is 292 g/mol. The highest BCUT2D eigenvalue weighted by Gasteiger charge is 2.27. The van der Waals surface area contributed by atoms with Crippen LogP contribution in [0.2, 0.25) is 0 Å². The summed E-state index contributed by atoms with van der Waals surface area (Å²) in [6.45, 7) is 4.61. The minimum atomic E-state index is 0.216. The number of aromatic hydroxyl groups is 1. The molecule has 2 aromatic rings. The van der Waals surface area contributed by atoms with Gasteiger partial charge in [-0.3, -0.25) is 0 Å². The number of aromatic nitrogens is 2. The van der Waals surface area contributed by atoms with Crippen LogP contribution in [0.15, 0.2) is 16.0 Å². The molecule has 0 unspecified atom stereocenters. The molecule has 1 N–H and O–H groups in total. The molecule has 0 bridgehead atoms. The van der Waals surface area contributed by atoms with Crippen LogP contribution >= 0.6 is 11.3 Å². The number of hydrogen-bond acceptors (Lipinski definition) is 5. The first-order valence-corrected chi connectivity index (χ1v) is 8.13. The quantitative estimate of drug-likeness (QED) is 0.909. The highest BCUT2D eigenvalue weighted by Crippen LogP contribution is 2.39. The number of hydrogen-bond donors (Lipinski definition) is 1. The molecule has 0 saturated heterocycles. The van der Waals surface area contributed by atoms with E-state index in [1.54, 1.807) is 6.07 Å². The molecular formula is C15H20N2O2S. The first kappa shape index (κ1) is 13.6. The fraction of sp³-hybridized carbons (Fsp3) is 0.600. The summed E-state index contributed by atoms with van der Waals surface area (Å²) in [5.74, 6) is 3.46. The average Bonchev–Trinajstić information content (AvgIpc) is 3.07. The van der Waals surface area contributed by atoms with Crippen molar-refractivity contribution in [2.75, 3.05) is 0 Å². The molecular weight excluding hydrogens is 272 g/mol. The summed E-state index contributed by atoms with van der Waals surface area (Å²) < 4.78 is 5.31. The van der Waals surface area contributed by atoms with Crippen molar-refractivity contribution in [2.24, 2.45) is 11.8 Å². The number of nitrogens with zero attached hydrogens (tertiary/aromatic N) is 2. The molecule has 1 saturated carbocycles. The van der Waals surface area contributed by atoms with Gasteiger partial charge < -0.3 is 9.63 Å². The molecule has 1 fully saturated rings. The van der Waals surface area contributed by atoms with Gasteiger partial charge in [0.25, 0.3) is 5.89 Å². The van der Waals surface area contributed by atoms with Gasteiger partial charge in [-0.25, -0.2) is 0 Å². The lowest BCUT2D eigenvalue weighted by Crippen LogP contribution is -2.18. The molecule has 0 atom stereocenters. The van der Waals surface area contributed by atoms with Crippen molar-refractivity contribution in [2.45, 2.75) is 45.4 Å².